The van der Waals surface area contributed by atoms with E-state index in [0.29, 0.717) is 12.5 Å². The van der Waals surface area contributed by atoms with Crippen LogP contribution in [0.5, 0.6) is 5.75 Å². The number of aromatic hydroxyl groups is 1. The van der Waals surface area contributed by atoms with E-state index in [-0.39, 0.29) is 36.1 Å². The molecule has 19 heavy (non-hydrogen) atoms. The minimum Gasteiger partial charge on any atom is -0.507 e. The smallest absolute Gasteiger partial charge is 0.255 e. The second kappa shape index (κ2) is 7.41. The van der Waals surface area contributed by atoms with E-state index >= 15 is 0 Å². The molecule has 5 nitrogen and oxygen atoms in total. The number of phenols is 1. The van der Waals surface area contributed by atoms with Gasteiger partial charge in [0.1, 0.15) is 5.75 Å². The third kappa shape index (κ3) is 5.42. The summed E-state index contributed by atoms with van der Waals surface area (Å²) in [6.07, 6.45) is 0.228. The van der Waals surface area contributed by atoms with Crippen LogP contribution in [0.3, 0.4) is 0 Å². The number of phenolic OH excluding ortho intramolecular Hbond substituents is 1. The minimum absolute atomic E-state index is 0.0655. The second-order valence-electron chi connectivity index (χ2n) is 4.72. The number of benzene rings is 1. The molecule has 0 bridgehead atoms. The van der Waals surface area contributed by atoms with Crippen molar-refractivity contribution in [1.29, 1.82) is 0 Å². The molecule has 0 fully saturated rings. The van der Waals surface area contributed by atoms with E-state index in [1.54, 1.807) is 12.1 Å². The van der Waals surface area contributed by atoms with Crippen LogP contribution in [0.2, 0.25) is 0 Å². The Labute approximate surface area is 113 Å². The Morgan fingerprint density at radius 3 is 2.53 bits per heavy atom. The zero-order valence-corrected chi connectivity index (χ0v) is 11.3. The van der Waals surface area contributed by atoms with Gasteiger partial charge in [0.2, 0.25) is 5.91 Å². The van der Waals surface area contributed by atoms with Crippen molar-refractivity contribution >= 4 is 11.8 Å². The molecule has 0 heterocycles. The van der Waals surface area contributed by atoms with Gasteiger partial charge >= 0.3 is 0 Å². The summed E-state index contributed by atoms with van der Waals surface area (Å²) in [5, 5.41) is 14.9. The maximum atomic E-state index is 11.7. The van der Waals surface area contributed by atoms with E-state index < -0.39 is 0 Å². The molecule has 5 heteroatoms. The first kappa shape index (κ1) is 15.0. The number of carbonyl (C=O) groups is 2. The standard InChI is InChI=1S/C14H20N2O3/c1-10(2)9-16-13(18)7-8-15-14(19)11-5-3-4-6-12(11)17/h3-6,10,17H,7-9H2,1-2H3,(H,15,19)(H,16,18). The number of para-hydroxylation sites is 1. The van der Waals surface area contributed by atoms with Gasteiger partial charge in [0.25, 0.3) is 5.91 Å². The van der Waals surface area contributed by atoms with Crippen molar-refractivity contribution in [3.63, 3.8) is 0 Å². The highest BCUT2D eigenvalue weighted by atomic mass is 16.3. The third-order valence-corrected chi connectivity index (χ3v) is 2.49. The lowest BCUT2D eigenvalue weighted by atomic mass is 10.2. The quantitative estimate of drug-likeness (QED) is 0.724. The van der Waals surface area contributed by atoms with Crippen LogP contribution in [0, 0.1) is 5.92 Å². The molecule has 0 saturated heterocycles. The van der Waals surface area contributed by atoms with Gasteiger partial charge in [0, 0.05) is 19.5 Å². The van der Waals surface area contributed by atoms with Gasteiger partial charge in [-0.3, -0.25) is 9.59 Å². The minimum atomic E-state index is -0.380. The van der Waals surface area contributed by atoms with E-state index in [1.165, 1.54) is 12.1 Å². The maximum Gasteiger partial charge on any atom is 0.255 e. The summed E-state index contributed by atoms with van der Waals surface area (Å²) >= 11 is 0. The SMILES string of the molecule is CC(C)CNC(=O)CCNC(=O)c1ccccc1O. The number of amides is 2. The normalized spacial score (nSPS) is 10.3. The summed E-state index contributed by atoms with van der Waals surface area (Å²) in [7, 11) is 0. The molecule has 0 spiro atoms. The van der Waals surface area contributed by atoms with Crippen LogP contribution in [0.15, 0.2) is 24.3 Å². The largest absolute Gasteiger partial charge is 0.507 e. The second-order valence-corrected chi connectivity index (χ2v) is 4.72. The van der Waals surface area contributed by atoms with Crippen molar-refractivity contribution in [3.05, 3.63) is 29.8 Å². The van der Waals surface area contributed by atoms with Crippen LogP contribution in [-0.4, -0.2) is 30.0 Å². The summed E-state index contributed by atoms with van der Waals surface area (Å²) in [6, 6.07) is 6.29. The molecule has 0 unspecified atom stereocenters. The molecule has 0 aromatic heterocycles. The number of rotatable bonds is 6. The Kier molecular flexibility index (Phi) is 5.85. The van der Waals surface area contributed by atoms with Gasteiger partial charge in [0.05, 0.1) is 5.56 Å². The van der Waals surface area contributed by atoms with Gasteiger partial charge < -0.3 is 15.7 Å². The van der Waals surface area contributed by atoms with Crippen LogP contribution in [0.1, 0.15) is 30.6 Å². The van der Waals surface area contributed by atoms with Gasteiger partial charge in [-0.25, -0.2) is 0 Å². The van der Waals surface area contributed by atoms with E-state index in [0.717, 1.165) is 0 Å². The van der Waals surface area contributed by atoms with Crippen molar-refractivity contribution in [3.8, 4) is 5.75 Å². The Balaban J connectivity index is 2.32. The van der Waals surface area contributed by atoms with Crippen molar-refractivity contribution in [2.75, 3.05) is 13.1 Å². The monoisotopic (exact) mass is 264 g/mol. The highest BCUT2D eigenvalue weighted by Gasteiger charge is 2.10. The predicted molar refractivity (Wildman–Crippen MR) is 72.9 cm³/mol. The van der Waals surface area contributed by atoms with Crippen molar-refractivity contribution in [2.45, 2.75) is 20.3 Å². The predicted octanol–water partition coefficient (Wildman–Crippen LogP) is 1.28. The number of nitrogens with one attached hydrogen (secondary N) is 2. The maximum absolute atomic E-state index is 11.7. The summed E-state index contributed by atoms with van der Waals surface area (Å²) in [4.78, 5) is 23.1. The van der Waals surface area contributed by atoms with E-state index in [9.17, 15) is 14.7 Å². The summed E-state index contributed by atoms with van der Waals surface area (Å²) in [5.41, 5.74) is 0.213. The lowest BCUT2D eigenvalue weighted by Crippen LogP contribution is -2.32. The molecule has 0 aliphatic heterocycles. The molecular formula is C14H20N2O3. The van der Waals surface area contributed by atoms with E-state index in [2.05, 4.69) is 10.6 Å². The average Bonchev–Trinajstić information content (AvgIpc) is 2.36. The fourth-order valence-corrected chi connectivity index (χ4v) is 1.46. The molecule has 0 radical (unpaired) electrons. The molecule has 0 aliphatic rings. The Hall–Kier alpha value is -2.04. The third-order valence-electron chi connectivity index (χ3n) is 2.49. The van der Waals surface area contributed by atoms with Crippen molar-refractivity contribution in [2.24, 2.45) is 5.92 Å². The average molecular weight is 264 g/mol. The van der Waals surface area contributed by atoms with Gasteiger partial charge in [-0.2, -0.15) is 0 Å². The van der Waals surface area contributed by atoms with Crippen LogP contribution in [0.25, 0.3) is 0 Å². The van der Waals surface area contributed by atoms with E-state index in [4.69, 9.17) is 0 Å². The first-order valence-corrected chi connectivity index (χ1v) is 6.33. The van der Waals surface area contributed by atoms with Crippen LogP contribution >= 0.6 is 0 Å². The molecule has 1 aromatic rings. The summed E-state index contributed by atoms with van der Waals surface area (Å²) in [6.45, 7) is 4.91. The molecule has 104 valence electrons. The van der Waals surface area contributed by atoms with Crippen LogP contribution in [0.4, 0.5) is 0 Å². The molecule has 0 aliphatic carbocycles. The van der Waals surface area contributed by atoms with E-state index in [1.807, 2.05) is 13.8 Å². The number of carbonyl (C=O) groups excluding carboxylic acids is 2. The molecule has 0 saturated carbocycles. The number of hydrogen-bond donors (Lipinski definition) is 3. The van der Waals surface area contributed by atoms with Gasteiger partial charge in [-0.1, -0.05) is 26.0 Å². The molecule has 1 rings (SSSR count). The molecule has 0 atom stereocenters. The summed E-state index contributed by atoms with van der Waals surface area (Å²) < 4.78 is 0. The van der Waals surface area contributed by atoms with Crippen molar-refractivity contribution < 1.29 is 14.7 Å². The highest BCUT2D eigenvalue weighted by molar-refractivity contribution is 5.96. The van der Waals surface area contributed by atoms with Crippen LogP contribution in [-0.2, 0) is 4.79 Å². The van der Waals surface area contributed by atoms with Crippen LogP contribution < -0.4 is 10.6 Å². The first-order valence-electron chi connectivity index (χ1n) is 6.33. The zero-order valence-electron chi connectivity index (χ0n) is 11.3. The Morgan fingerprint density at radius 2 is 1.89 bits per heavy atom. The lowest BCUT2D eigenvalue weighted by molar-refractivity contribution is -0.121. The van der Waals surface area contributed by atoms with Gasteiger partial charge in [-0.05, 0) is 18.1 Å². The summed E-state index contributed by atoms with van der Waals surface area (Å²) in [5.74, 6) is -0.134. The molecule has 1 aromatic carbocycles. The Morgan fingerprint density at radius 1 is 1.21 bits per heavy atom. The van der Waals surface area contributed by atoms with Gasteiger partial charge in [-0.15, -0.1) is 0 Å². The topological polar surface area (TPSA) is 78.4 Å². The fourth-order valence-electron chi connectivity index (χ4n) is 1.46. The molecular weight excluding hydrogens is 244 g/mol. The highest BCUT2D eigenvalue weighted by Crippen LogP contribution is 2.14. The fraction of sp³-hybridized carbons (Fsp3) is 0.429. The first-order chi connectivity index (χ1) is 9.00. The molecule has 3 N–H and O–H groups in total. The lowest BCUT2D eigenvalue weighted by Gasteiger charge is -2.09. The zero-order chi connectivity index (χ0) is 14.3. The van der Waals surface area contributed by atoms with Crippen molar-refractivity contribution in [1.82, 2.24) is 10.6 Å². The molecule has 2 amide bonds. The number of hydrogen-bond acceptors (Lipinski definition) is 3. The van der Waals surface area contributed by atoms with Gasteiger partial charge in [0.15, 0.2) is 0 Å². The Bertz CT molecular complexity index is 444.